The van der Waals surface area contributed by atoms with E-state index in [1.165, 1.54) is 96.6 Å². The lowest BCUT2D eigenvalue weighted by molar-refractivity contribution is 0.282. The average molecular weight is 280 g/mol. The molecule has 1 N–H and O–H groups in total. The molecule has 1 aliphatic heterocycles. The number of nitrogens with zero attached hydrogens (tertiary/aromatic N) is 1. The summed E-state index contributed by atoms with van der Waals surface area (Å²) in [5.41, 5.74) is 0. The normalized spacial score (nSPS) is 28.9. The van der Waals surface area contributed by atoms with Gasteiger partial charge in [-0.3, -0.25) is 0 Å². The molecule has 0 aromatic carbocycles. The minimum absolute atomic E-state index is 0.795. The second kappa shape index (κ2) is 9.78. The van der Waals surface area contributed by atoms with Gasteiger partial charge in [0.1, 0.15) is 0 Å². The molecule has 1 saturated carbocycles. The third kappa shape index (κ3) is 6.13. The van der Waals surface area contributed by atoms with E-state index in [0.717, 1.165) is 12.1 Å². The number of likely N-dealkylation sites (N-methyl/N-ethyl adjacent to an activating group) is 1. The van der Waals surface area contributed by atoms with Gasteiger partial charge in [-0.15, -0.1) is 0 Å². The van der Waals surface area contributed by atoms with Crippen molar-refractivity contribution in [3.63, 3.8) is 0 Å². The van der Waals surface area contributed by atoms with Gasteiger partial charge in [-0.2, -0.15) is 0 Å². The van der Waals surface area contributed by atoms with Gasteiger partial charge in [-0.1, -0.05) is 57.8 Å². The molecule has 1 aliphatic carbocycles. The molecule has 2 fully saturated rings. The van der Waals surface area contributed by atoms with E-state index in [-0.39, 0.29) is 0 Å². The second-order valence-corrected chi connectivity index (χ2v) is 7.14. The van der Waals surface area contributed by atoms with Crippen molar-refractivity contribution in [1.29, 1.82) is 0 Å². The zero-order valence-electron chi connectivity index (χ0n) is 13.7. The maximum Gasteiger partial charge on any atom is 0.0218 e. The Bertz CT molecular complexity index is 230. The van der Waals surface area contributed by atoms with Crippen LogP contribution in [0, 0.1) is 0 Å². The Hall–Kier alpha value is -0.0800. The van der Waals surface area contributed by atoms with Gasteiger partial charge in [0.2, 0.25) is 0 Å². The first-order valence-corrected chi connectivity index (χ1v) is 9.30. The number of hydrogen-bond donors (Lipinski definition) is 1. The quantitative estimate of drug-likeness (QED) is 0.827. The molecular weight excluding hydrogens is 244 g/mol. The molecule has 1 atom stereocenters. The fraction of sp³-hybridized carbons (Fsp3) is 1.00. The Balaban J connectivity index is 1.68. The highest BCUT2D eigenvalue weighted by molar-refractivity contribution is 4.80. The van der Waals surface area contributed by atoms with Crippen molar-refractivity contribution in [3.05, 3.63) is 0 Å². The molecule has 1 unspecified atom stereocenters. The molecule has 0 bridgehead atoms. The number of hydrogen-bond acceptors (Lipinski definition) is 2. The van der Waals surface area contributed by atoms with Crippen molar-refractivity contribution in [3.8, 4) is 0 Å². The molecular formula is C18H36N2. The number of rotatable bonds is 3. The average Bonchev–Trinajstić information content (AvgIpc) is 2.84. The van der Waals surface area contributed by atoms with Crippen LogP contribution in [-0.4, -0.2) is 37.1 Å². The molecule has 1 saturated heterocycles. The summed E-state index contributed by atoms with van der Waals surface area (Å²) in [6.07, 6.45) is 18.8. The lowest BCUT2D eigenvalue weighted by atomic mass is 9.97. The summed E-state index contributed by atoms with van der Waals surface area (Å²) in [4.78, 5) is 2.54. The van der Waals surface area contributed by atoms with Gasteiger partial charge in [0.25, 0.3) is 0 Å². The van der Waals surface area contributed by atoms with Crippen molar-refractivity contribution in [2.75, 3.05) is 20.1 Å². The van der Waals surface area contributed by atoms with Crippen LogP contribution in [0.3, 0.4) is 0 Å². The molecule has 2 heteroatoms. The Labute approximate surface area is 126 Å². The van der Waals surface area contributed by atoms with E-state index in [1.807, 2.05) is 0 Å². The molecule has 1 heterocycles. The van der Waals surface area contributed by atoms with E-state index >= 15 is 0 Å². The molecule has 0 aromatic rings. The molecule has 0 radical (unpaired) electrons. The summed E-state index contributed by atoms with van der Waals surface area (Å²) < 4.78 is 0. The predicted molar refractivity (Wildman–Crippen MR) is 88.2 cm³/mol. The predicted octanol–water partition coefficient (Wildman–Crippen LogP) is 4.34. The lowest BCUT2D eigenvalue weighted by Gasteiger charge is -2.25. The maximum atomic E-state index is 3.90. The van der Waals surface area contributed by atoms with Crippen molar-refractivity contribution in [1.82, 2.24) is 10.2 Å². The molecule has 118 valence electrons. The van der Waals surface area contributed by atoms with E-state index < -0.39 is 0 Å². The highest BCUT2D eigenvalue weighted by Gasteiger charge is 2.21. The summed E-state index contributed by atoms with van der Waals surface area (Å²) in [5.74, 6) is 0. The van der Waals surface area contributed by atoms with Crippen LogP contribution in [0.5, 0.6) is 0 Å². The number of likely N-dealkylation sites (tertiary alicyclic amines) is 1. The van der Waals surface area contributed by atoms with Gasteiger partial charge in [0, 0.05) is 18.6 Å². The summed E-state index contributed by atoms with van der Waals surface area (Å²) in [6.45, 7) is 2.53. The van der Waals surface area contributed by atoms with Gasteiger partial charge in [0.15, 0.2) is 0 Å². The highest BCUT2D eigenvalue weighted by atomic mass is 15.2. The minimum Gasteiger partial charge on any atom is -0.312 e. The van der Waals surface area contributed by atoms with Crippen molar-refractivity contribution in [2.45, 2.75) is 95.6 Å². The van der Waals surface area contributed by atoms with Crippen LogP contribution in [0.2, 0.25) is 0 Å². The molecule has 0 spiro atoms. The zero-order valence-corrected chi connectivity index (χ0v) is 13.7. The molecule has 2 aliphatic rings. The first-order chi connectivity index (χ1) is 9.86. The third-order valence-electron chi connectivity index (χ3n) is 5.42. The summed E-state index contributed by atoms with van der Waals surface area (Å²) >= 11 is 0. The van der Waals surface area contributed by atoms with E-state index in [9.17, 15) is 0 Å². The smallest absolute Gasteiger partial charge is 0.0218 e. The summed E-state index contributed by atoms with van der Waals surface area (Å²) in [7, 11) is 2.29. The number of nitrogens with one attached hydrogen (secondary N) is 1. The Morgan fingerprint density at radius 1 is 0.750 bits per heavy atom. The zero-order chi connectivity index (χ0) is 14.0. The van der Waals surface area contributed by atoms with Gasteiger partial charge < -0.3 is 10.2 Å². The van der Waals surface area contributed by atoms with Crippen molar-refractivity contribution < 1.29 is 0 Å². The van der Waals surface area contributed by atoms with E-state index in [0.29, 0.717) is 0 Å². The maximum absolute atomic E-state index is 3.90. The van der Waals surface area contributed by atoms with Gasteiger partial charge >= 0.3 is 0 Å². The molecule has 2 nitrogen and oxygen atoms in total. The van der Waals surface area contributed by atoms with Crippen molar-refractivity contribution >= 4 is 0 Å². The highest BCUT2D eigenvalue weighted by Crippen LogP contribution is 2.18. The Morgan fingerprint density at radius 2 is 1.30 bits per heavy atom. The van der Waals surface area contributed by atoms with Gasteiger partial charge in [-0.25, -0.2) is 0 Å². The van der Waals surface area contributed by atoms with E-state index in [4.69, 9.17) is 0 Å². The van der Waals surface area contributed by atoms with Crippen LogP contribution in [-0.2, 0) is 0 Å². The topological polar surface area (TPSA) is 15.3 Å². The van der Waals surface area contributed by atoms with Gasteiger partial charge in [-0.05, 0) is 39.3 Å². The SMILES string of the molecule is CN1CCCC1CNC1CCCCCCCCCCC1. The second-order valence-electron chi connectivity index (χ2n) is 7.14. The first kappa shape index (κ1) is 16.3. The van der Waals surface area contributed by atoms with Crippen LogP contribution in [0.25, 0.3) is 0 Å². The summed E-state index contributed by atoms with van der Waals surface area (Å²) in [6, 6.07) is 1.60. The van der Waals surface area contributed by atoms with Crippen LogP contribution in [0.4, 0.5) is 0 Å². The van der Waals surface area contributed by atoms with Gasteiger partial charge in [0.05, 0.1) is 0 Å². The molecule has 2 rings (SSSR count). The monoisotopic (exact) mass is 280 g/mol. The lowest BCUT2D eigenvalue weighted by Crippen LogP contribution is -2.40. The third-order valence-corrected chi connectivity index (χ3v) is 5.42. The fourth-order valence-electron chi connectivity index (χ4n) is 3.91. The first-order valence-electron chi connectivity index (χ1n) is 9.30. The van der Waals surface area contributed by atoms with Crippen molar-refractivity contribution in [2.24, 2.45) is 0 Å². The standard InChI is InChI=1S/C18H36N2/c1-20-15-11-14-18(20)16-19-17-12-9-7-5-3-2-4-6-8-10-13-17/h17-19H,2-16H2,1H3. The minimum atomic E-state index is 0.795. The van der Waals surface area contributed by atoms with Crippen LogP contribution in [0.1, 0.15) is 83.5 Å². The van der Waals surface area contributed by atoms with Crippen LogP contribution < -0.4 is 5.32 Å². The molecule has 0 aromatic heterocycles. The summed E-state index contributed by atoms with van der Waals surface area (Å²) in [5, 5.41) is 3.90. The van der Waals surface area contributed by atoms with Crippen LogP contribution >= 0.6 is 0 Å². The fourth-order valence-corrected chi connectivity index (χ4v) is 3.91. The largest absolute Gasteiger partial charge is 0.312 e. The van der Waals surface area contributed by atoms with E-state index in [1.54, 1.807) is 0 Å². The molecule has 20 heavy (non-hydrogen) atoms. The Kier molecular flexibility index (Phi) is 7.97. The van der Waals surface area contributed by atoms with Crippen LogP contribution in [0.15, 0.2) is 0 Å². The molecule has 0 amide bonds. The van der Waals surface area contributed by atoms with E-state index in [2.05, 4.69) is 17.3 Å². The Morgan fingerprint density at radius 3 is 1.80 bits per heavy atom.